The largest absolute Gasteiger partial charge is 0.492 e. The molecule has 1 heterocycles. The number of esters is 1. The van der Waals surface area contributed by atoms with Gasteiger partial charge < -0.3 is 9.47 Å². The van der Waals surface area contributed by atoms with Gasteiger partial charge in [0.25, 0.3) is 0 Å². The van der Waals surface area contributed by atoms with Gasteiger partial charge in [-0.15, -0.1) is 0 Å². The molecular formula is C15H17BrO4. The normalized spacial score (nSPS) is 20.1. The van der Waals surface area contributed by atoms with E-state index >= 15 is 0 Å². The first-order chi connectivity index (χ1) is 9.52. The quantitative estimate of drug-likeness (QED) is 0.610. The van der Waals surface area contributed by atoms with Crippen molar-refractivity contribution in [1.82, 2.24) is 0 Å². The topological polar surface area (TPSA) is 52.6 Å². The number of rotatable bonds is 5. The molecule has 0 aliphatic carbocycles. The highest BCUT2D eigenvalue weighted by Gasteiger charge is 2.42. The van der Waals surface area contributed by atoms with Crippen LogP contribution in [-0.2, 0) is 26.2 Å². The van der Waals surface area contributed by atoms with Crippen LogP contribution in [0, 0.1) is 0 Å². The summed E-state index contributed by atoms with van der Waals surface area (Å²) in [6.45, 7) is 2.24. The average molecular weight is 341 g/mol. The number of hydrogen-bond donors (Lipinski definition) is 0. The second-order valence-electron chi connectivity index (χ2n) is 5.05. The van der Waals surface area contributed by atoms with Crippen LogP contribution in [-0.4, -0.2) is 30.8 Å². The molecule has 1 aliphatic rings. The number of para-hydroxylation sites is 1. The van der Waals surface area contributed by atoms with Gasteiger partial charge in [-0.3, -0.25) is 9.59 Å². The summed E-state index contributed by atoms with van der Waals surface area (Å²) in [5.41, 5.74) is 1.24. The summed E-state index contributed by atoms with van der Waals surface area (Å²) in [6, 6.07) is 5.75. The lowest BCUT2D eigenvalue weighted by atomic mass is 9.80. The Hall–Kier alpha value is -1.36. The Morgan fingerprint density at radius 3 is 2.85 bits per heavy atom. The van der Waals surface area contributed by atoms with E-state index in [0.717, 1.165) is 16.9 Å². The van der Waals surface area contributed by atoms with E-state index < -0.39 is 5.41 Å². The van der Waals surface area contributed by atoms with Gasteiger partial charge in [0.15, 0.2) is 5.78 Å². The summed E-state index contributed by atoms with van der Waals surface area (Å²) in [6.07, 6.45) is 0.855. The lowest BCUT2D eigenvalue weighted by Crippen LogP contribution is -2.35. The van der Waals surface area contributed by atoms with E-state index in [0.29, 0.717) is 24.8 Å². The van der Waals surface area contributed by atoms with Crippen molar-refractivity contribution in [2.24, 2.45) is 0 Å². The van der Waals surface area contributed by atoms with Gasteiger partial charge in [0.05, 0.1) is 17.9 Å². The van der Waals surface area contributed by atoms with Crippen LogP contribution >= 0.6 is 15.9 Å². The molecule has 20 heavy (non-hydrogen) atoms. The van der Waals surface area contributed by atoms with E-state index in [1.807, 2.05) is 25.1 Å². The van der Waals surface area contributed by atoms with E-state index in [9.17, 15) is 9.59 Å². The molecule has 0 aromatic heterocycles. The molecule has 5 heteroatoms. The Kier molecular flexibility index (Phi) is 4.48. The fraction of sp³-hybridized carbons (Fsp3) is 0.467. The van der Waals surface area contributed by atoms with Crippen molar-refractivity contribution in [3.63, 3.8) is 0 Å². The highest BCUT2D eigenvalue weighted by molar-refractivity contribution is 9.09. The van der Waals surface area contributed by atoms with Crippen LogP contribution in [0.4, 0.5) is 0 Å². The lowest BCUT2D eigenvalue weighted by molar-refractivity contribution is -0.140. The molecule has 0 amide bonds. The van der Waals surface area contributed by atoms with Crippen molar-refractivity contribution in [1.29, 1.82) is 0 Å². The summed E-state index contributed by atoms with van der Waals surface area (Å²) in [7, 11) is 1.37. The number of aryl methyl sites for hydroxylation is 1. The molecule has 0 bridgehead atoms. The number of fused-ring (bicyclic) bond motifs is 1. The molecular weight excluding hydrogens is 324 g/mol. The molecule has 0 spiro atoms. The summed E-state index contributed by atoms with van der Waals surface area (Å²) in [4.78, 5) is 23.4. The number of ether oxygens (including phenoxy) is 2. The Morgan fingerprint density at radius 1 is 1.45 bits per heavy atom. The monoisotopic (exact) mass is 340 g/mol. The number of ketones is 1. The highest BCUT2D eigenvalue weighted by Crippen LogP contribution is 2.42. The molecule has 1 unspecified atom stereocenters. The van der Waals surface area contributed by atoms with Gasteiger partial charge in [-0.05, 0) is 18.9 Å². The van der Waals surface area contributed by atoms with Gasteiger partial charge in [-0.2, -0.15) is 0 Å². The molecule has 0 saturated heterocycles. The molecule has 2 rings (SSSR count). The number of alkyl halides is 1. The molecule has 4 nitrogen and oxygen atoms in total. The van der Waals surface area contributed by atoms with Gasteiger partial charge in [-0.1, -0.05) is 34.1 Å². The maximum atomic E-state index is 12.1. The Bertz CT molecular complexity index is 541. The van der Waals surface area contributed by atoms with Gasteiger partial charge in [0, 0.05) is 12.0 Å². The molecule has 1 atom stereocenters. The molecule has 0 radical (unpaired) electrons. The minimum absolute atomic E-state index is 0.0985. The smallest absolute Gasteiger partial charge is 0.305 e. The predicted molar refractivity (Wildman–Crippen MR) is 78.4 cm³/mol. The fourth-order valence-corrected chi connectivity index (χ4v) is 3.02. The summed E-state index contributed by atoms with van der Waals surface area (Å²) < 4.78 is 10.4. The second kappa shape index (κ2) is 5.95. The molecule has 1 aliphatic heterocycles. The van der Waals surface area contributed by atoms with Crippen molar-refractivity contribution in [2.75, 3.05) is 19.0 Å². The van der Waals surface area contributed by atoms with Crippen LogP contribution in [0.15, 0.2) is 18.2 Å². The van der Waals surface area contributed by atoms with Gasteiger partial charge >= 0.3 is 5.97 Å². The summed E-state index contributed by atoms with van der Waals surface area (Å²) >= 11 is 3.22. The van der Waals surface area contributed by atoms with Crippen molar-refractivity contribution >= 4 is 27.7 Å². The molecule has 0 saturated carbocycles. The van der Waals surface area contributed by atoms with Crippen LogP contribution in [0.3, 0.4) is 0 Å². The average Bonchev–Trinajstić information content (AvgIpc) is 2.83. The Morgan fingerprint density at radius 2 is 2.20 bits per heavy atom. The van der Waals surface area contributed by atoms with Gasteiger partial charge in [0.2, 0.25) is 0 Å². The van der Waals surface area contributed by atoms with Crippen molar-refractivity contribution < 1.29 is 19.1 Å². The van der Waals surface area contributed by atoms with Crippen LogP contribution in [0.2, 0.25) is 0 Å². The van der Waals surface area contributed by atoms with E-state index in [2.05, 4.69) is 20.7 Å². The number of Topliss-reactive ketones (excluding diaryl/α,β-unsaturated/α-hetero) is 1. The number of hydrogen-bond acceptors (Lipinski definition) is 4. The summed E-state index contributed by atoms with van der Waals surface area (Å²) in [5.74, 6) is 0.592. The maximum Gasteiger partial charge on any atom is 0.305 e. The second-order valence-corrected chi connectivity index (χ2v) is 5.61. The molecule has 108 valence electrons. The zero-order valence-corrected chi connectivity index (χ0v) is 13.2. The van der Waals surface area contributed by atoms with Crippen LogP contribution in [0.5, 0.6) is 5.75 Å². The molecule has 1 aromatic rings. The van der Waals surface area contributed by atoms with Crippen molar-refractivity contribution in [3.8, 4) is 5.75 Å². The van der Waals surface area contributed by atoms with E-state index in [1.165, 1.54) is 7.11 Å². The first-order valence-corrected chi connectivity index (χ1v) is 7.56. The number of carbonyl (C=O) groups is 2. The Labute approximate surface area is 126 Å². The lowest BCUT2D eigenvalue weighted by Gasteiger charge is -2.19. The highest BCUT2D eigenvalue weighted by atomic mass is 79.9. The predicted octanol–water partition coefficient (Wildman–Crippen LogP) is 2.41. The van der Waals surface area contributed by atoms with Crippen molar-refractivity contribution in [3.05, 3.63) is 29.3 Å². The van der Waals surface area contributed by atoms with Crippen molar-refractivity contribution in [2.45, 2.75) is 25.2 Å². The van der Waals surface area contributed by atoms with Gasteiger partial charge in [-0.25, -0.2) is 0 Å². The van der Waals surface area contributed by atoms with Gasteiger partial charge in [0.1, 0.15) is 12.4 Å². The van der Waals surface area contributed by atoms with Crippen LogP contribution in [0.25, 0.3) is 0 Å². The first kappa shape index (κ1) is 15.0. The minimum Gasteiger partial charge on any atom is -0.492 e. The first-order valence-electron chi connectivity index (χ1n) is 6.44. The molecule has 0 N–H and O–H groups in total. The zero-order valence-electron chi connectivity index (χ0n) is 11.6. The summed E-state index contributed by atoms with van der Waals surface area (Å²) in [5, 5.41) is 0.304. The third-order valence-electron chi connectivity index (χ3n) is 3.76. The fourth-order valence-electron chi connectivity index (χ4n) is 2.40. The molecule has 1 aromatic carbocycles. The van der Waals surface area contributed by atoms with Crippen LogP contribution < -0.4 is 4.74 Å². The number of methoxy groups -OCH3 is 1. The van der Waals surface area contributed by atoms with E-state index in [1.54, 1.807) is 0 Å². The Balaban J connectivity index is 2.28. The number of halogens is 1. The zero-order chi connectivity index (χ0) is 14.8. The van der Waals surface area contributed by atoms with Crippen LogP contribution in [0.1, 0.15) is 24.5 Å². The SMILES string of the molecule is COC(=O)CCc1cccc2c1OCC2(C)C(=O)CBr. The maximum absolute atomic E-state index is 12.1. The third-order valence-corrected chi connectivity index (χ3v) is 4.27. The third kappa shape index (κ3) is 2.59. The number of benzene rings is 1. The minimum atomic E-state index is -0.611. The molecule has 0 fully saturated rings. The van der Waals surface area contributed by atoms with E-state index in [-0.39, 0.29) is 11.8 Å². The number of carbonyl (C=O) groups excluding carboxylic acids is 2. The van der Waals surface area contributed by atoms with E-state index in [4.69, 9.17) is 4.74 Å². The standard InChI is InChI=1S/C15H17BrO4/c1-15(12(17)8-16)9-20-14-10(4-3-5-11(14)15)6-7-13(18)19-2/h3-5H,6-9H2,1-2H3.